The van der Waals surface area contributed by atoms with Gasteiger partial charge in [-0.25, -0.2) is 13.2 Å². The van der Waals surface area contributed by atoms with Crippen LogP contribution in [0.15, 0.2) is 10.3 Å². The number of aromatic carboxylic acids is 1. The van der Waals surface area contributed by atoms with Crippen molar-refractivity contribution in [3.8, 4) is 0 Å². The molecule has 0 bridgehead atoms. The molecule has 2 rings (SSSR count). The predicted molar refractivity (Wildman–Crippen MR) is 67.9 cm³/mol. The molecule has 0 saturated carbocycles. The van der Waals surface area contributed by atoms with Gasteiger partial charge in [0.15, 0.2) is 0 Å². The Labute approximate surface area is 118 Å². The Bertz CT molecular complexity index is 689. The number of carbonyl (C=O) groups is 3. The van der Waals surface area contributed by atoms with Crippen molar-refractivity contribution in [1.82, 2.24) is 9.62 Å². The topological polar surface area (TPSA) is 121 Å². The highest BCUT2D eigenvalue weighted by Gasteiger charge is 2.34. The van der Waals surface area contributed by atoms with Crippen LogP contribution in [0.4, 0.5) is 0 Å². The Morgan fingerprint density at radius 1 is 1.35 bits per heavy atom. The molecule has 0 aliphatic carbocycles. The van der Waals surface area contributed by atoms with Crippen LogP contribution in [0.1, 0.15) is 15.2 Å². The minimum absolute atomic E-state index is 0.0867. The lowest BCUT2D eigenvalue weighted by atomic mass is 10.3. The summed E-state index contributed by atoms with van der Waals surface area (Å²) in [6.07, 6.45) is 0. The van der Waals surface area contributed by atoms with Gasteiger partial charge in [0.25, 0.3) is 10.0 Å². The first-order chi connectivity index (χ1) is 9.21. The summed E-state index contributed by atoms with van der Waals surface area (Å²) in [4.78, 5) is 33.3. The van der Waals surface area contributed by atoms with Crippen LogP contribution in [0.25, 0.3) is 0 Å². The number of thiophene rings is 1. The van der Waals surface area contributed by atoms with Crippen LogP contribution >= 0.6 is 11.3 Å². The van der Waals surface area contributed by atoms with Crippen LogP contribution in [0, 0.1) is 6.92 Å². The number of piperazine rings is 1. The van der Waals surface area contributed by atoms with Crippen molar-refractivity contribution < 1.29 is 27.9 Å². The molecule has 1 fully saturated rings. The molecule has 2 heterocycles. The monoisotopic (exact) mass is 318 g/mol. The van der Waals surface area contributed by atoms with Gasteiger partial charge in [0.05, 0.1) is 13.1 Å². The van der Waals surface area contributed by atoms with Gasteiger partial charge in [0, 0.05) is 0 Å². The fourth-order valence-electron chi connectivity index (χ4n) is 1.70. The Morgan fingerprint density at radius 2 is 1.90 bits per heavy atom. The number of imide groups is 1. The number of amides is 2. The van der Waals surface area contributed by atoms with Crippen molar-refractivity contribution in [2.75, 3.05) is 13.1 Å². The minimum Gasteiger partial charge on any atom is -0.477 e. The van der Waals surface area contributed by atoms with Gasteiger partial charge < -0.3 is 5.11 Å². The van der Waals surface area contributed by atoms with Crippen molar-refractivity contribution in [2.24, 2.45) is 0 Å². The first-order valence-electron chi connectivity index (χ1n) is 5.38. The predicted octanol–water partition coefficient (Wildman–Crippen LogP) is -0.598. The number of nitrogens with one attached hydrogen (secondary N) is 1. The summed E-state index contributed by atoms with van der Waals surface area (Å²) in [6.45, 7) is 0.549. The van der Waals surface area contributed by atoms with Gasteiger partial charge in [-0.1, -0.05) is 0 Å². The molecule has 0 unspecified atom stereocenters. The van der Waals surface area contributed by atoms with Crippen LogP contribution in [-0.4, -0.2) is 48.7 Å². The van der Waals surface area contributed by atoms with Gasteiger partial charge in [0.2, 0.25) is 11.8 Å². The maximum absolute atomic E-state index is 12.3. The highest BCUT2D eigenvalue weighted by molar-refractivity contribution is 7.91. The van der Waals surface area contributed by atoms with E-state index in [1.54, 1.807) is 0 Å². The summed E-state index contributed by atoms with van der Waals surface area (Å²) >= 11 is 0.598. The van der Waals surface area contributed by atoms with E-state index in [9.17, 15) is 22.8 Å². The standard InChI is InChI=1S/C10H10N2O6S2/c1-5-2-8(19-9(5)10(15)16)20(17,18)12-3-6(13)11-7(14)4-12/h2H,3-4H2,1H3,(H,15,16)(H,11,13,14). The van der Waals surface area contributed by atoms with Crippen LogP contribution in [0.2, 0.25) is 0 Å². The number of aryl methyl sites for hydroxylation is 1. The van der Waals surface area contributed by atoms with E-state index in [-0.39, 0.29) is 9.09 Å². The molecule has 2 amide bonds. The van der Waals surface area contributed by atoms with Crippen molar-refractivity contribution in [3.63, 3.8) is 0 Å². The Balaban J connectivity index is 2.40. The van der Waals surface area contributed by atoms with E-state index in [1.165, 1.54) is 13.0 Å². The zero-order chi connectivity index (χ0) is 15.1. The lowest BCUT2D eigenvalue weighted by Gasteiger charge is -2.23. The van der Waals surface area contributed by atoms with E-state index in [4.69, 9.17) is 5.11 Å². The number of sulfonamides is 1. The molecule has 108 valence electrons. The molecular weight excluding hydrogens is 308 g/mol. The average molecular weight is 318 g/mol. The van der Waals surface area contributed by atoms with Gasteiger partial charge in [-0.15, -0.1) is 11.3 Å². The number of nitrogens with zero attached hydrogens (tertiary/aromatic N) is 1. The van der Waals surface area contributed by atoms with E-state index < -0.39 is 40.9 Å². The van der Waals surface area contributed by atoms with Gasteiger partial charge in [0.1, 0.15) is 9.09 Å². The van der Waals surface area contributed by atoms with Crippen LogP contribution in [0.3, 0.4) is 0 Å². The number of carbonyl (C=O) groups excluding carboxylic acids is 2. The number of hydrogen-bond acceptors (Lipinski definition) is 6. The Morgan fingerprint density at radius 3 is 2.35 bits per heavy atom. The smallest absolute Gasteiger partial charge is 0.346 e. The van der Waals surface area contributed by atoms with Crippen molar-refractivity contribution in [2.45, 2.75) is 11.1 Å². The molecule has 0 spiro atoms. The summed E-state index contributed by atoms with van der Waals surface area (Å²) in [5.41, 5.74) is 0.314. The third-order valence-corrected chi connectivity index (χ3v) is 6.07. The van der Waals surface area contributed by atoms with Gasteiger partial charge in [-0.3, -0.25) is 14.9 Å². The molecule has 20 heavy (non-hydrogen) atoms. The van der Waals surface area contributed by atoms with E-state index >= 15 is 0 Å². The number of hydrogen-bond donors (Lipinski definition) is 2. The molecule has 1 aliphatic rings. The maximum Gasteiger partial charge on any atom is 0.346 e. The molecule has 1 saturated heterocycles. The molecule has 0 aromatic carbocycles. The van der Waals surface area contributed by atoms with E-state index in [0.29, 0.717) is 16.9 Å². The molecular formula is C10H10N2O6S2. The molecule has 0 radical (unpaired) electrons. The number of carboxylic acid groups (broad SMARTS) is 1. The molecule has 0 atom stereocenters. The molecule has 1 aromatic heterocycles. The summed E-state index contributed by atoms with van der Waals surface area (Å²) < 4.78 is 25.1. The second kappa shape index (κ2) is 4.96. The second-order valence-electron chi connectivity index (χ2n) is 4.13. The first-order valence-corrected chi connectivity index (χ1v) is 7.64. The van der Waals surface area contributed by atoms with E-state index in [2.05, 4.69) is 0 Å². The first kappa shape index (κ1) is 14.6. The van der Waals surface area contributed by atoms with Crippen LogP contribution in [0.5, 0.6) is 0 Å². The van der Waals surface area contributed by atoms with E-state index in [0.717, 1.165) is 4.31 Å². The summed E-state index contributed by atoms with van der Waals surface area (Å²) in [7, 11) is -4.06. The quantitative estimate of drug-likeness (QED) is 0.718. The SMILES string of the molecule is Cc1cc(S(=O)(=O)N2CC(=O)NC(=O)C2)sc1C(=O)O. The molecule has 8 nitrogen and oxygen atoms in total. The van der Waals surface area contributed by atoms with Crippen molar-refractivity contribution in [1.29, 1.82) is 0 Å². The lowest BCUT2D eigenvalue weighted by Crippen LogP contribution is -2.53. The fraction of sp³-hybridized carbons (Fsp3) is 0.300. The summed E-state index contributed by atoms with van der Waals surface area (Å²) in [5, 5.41) is 10.9. The Hall–Kier alpha value is -1.78. The molecule has 2 N–H and O–H groups in total. The van der Waals surface area contributed by atoms with Crippen molar-refractivity contribution >= 4 is 39.1 Å². The van der Waals surface area contributed by atoms with Gasteiger partial charge >= 0.3 is 5.97 Å². The summed E-state index contributed by atoms with van der Waals surface area (Å²) in [5.74, 6) is -2.64. The third-order valence-electron chi connectivity index (χ3n) is 2.60. The maximum atomic E-state index is 12.3. The van der Waals surface area contributed by atoms with Crippen molar-refractivity contribution in [3.05, 3.63) is 16.5 Å². The molecule has 10 heteroatoms. The number of rotatable bonds is 3. The second-order valence-corrected chi connectivity index (χ2v) is 7.34. The summed E-state index contributed by atoms with van der Waals surface area (Å²) in [6, 6.07) is 1.22. The average Bonchev–Trinajstić information content (AvgIpc) is 2.70. The zero-order valence-corrected chi connectivity index (χ0v) is 11.9. The van der Waals surface area contributed by atoms with Crippen LogP contribution < -0.4 is 5.32 Å². The van der Waals surface area contributed by atoms with Gasteiger partial charge in [-0.05, 0) is 18.6 Å². The highest BCUT2D eigenvalue weighted by atomic mass is 32.2. The minimum atomic E-state index is -4.06. The highest BCUT2D eigenvalue weighted by Crippen LogP contribution is 2.28. The lowest BCUT2D eigenvalue weighted by molar-refractivity contribution is -0.134. The van der Waals surface area contributed by atoms with E-state index in [1.807, 2.05) is 5.32 Å². The Kier molecular flexibility index (Phi) is 3.63. The number of carboxylic acids is 1. The fourth-order valence-corrected chi connectivity index (χ4v) is 4.59. The molecule has 1 aromatic rings. The van der Waals surface area contributed by atoms with Crippen LogP contribution in [-0.2, 0) is 19.6 Å². The largest absolute Gasteiger partial charge is 0.477 e. The molecule has 1 aliphatic heterocycles. The normalized spacial score (nSPS) is 17.1. The van der Waals surface area contributed by atoms with Gasteiger partial charge in [-0.2, -0.15) is 4.31 Å². The third kappa shape index (κ3) is 2.57. The zero-order valence-electron chi connectivity index (χ0n) is 10.2.